The fourth-order valence-corrected chi connectivity index (χ4v) is 4.14. The molecule has 0 aliphatic carbocycles. The summed E-state index contributed by atoms with van der Waals surface area (Å²) in [5.41, 5.74) is 2.67. The summed E-state index contributed by atoms with van der Waals surface area (Å²) in [5, 5.41) is 14.6. The molecular weight excluding hydrogens is 358 g/mol. The Labute approximate surface area is 158 Å². The summed E-state index contributed by atoms with van der Waals surface area (Å²) >= 11 is 1.70. The van der Waals surface area contributed by atoms with Gasteiger partial charge in [-0.3, -0.25) is 5.10 Å². The molecule has 0 aliphatic heterocycles. The number of hydrogen-bond donors (Lipinski definition) is 2. The SMILES string of the molecule is COc1ccccc1Nc1nc2c(-c3ncn[nH]3)cccc2c2sccc12. The third kappa shape index (κ3) is 2.60. The normalized spacial score (nSPS) is 11.1. The van der Waals surface area contributed by atoms with Crippen molar-refractivity contribution in [3.63, 3.8) is 0 Å². The second kappa shape index (κ2) is 6.37. The molecule has 2 N–H and O–H groups in total. The van der Waals surface area contributed by atoms with Gasteiger partial charge >= 0.3 is 0 Å². The van der Waals surface area contributed by atoms with Crippen LogP contribution >= 0.6 is 11.3 Å². The van der Waals surface area contributed by atoms with E-state index in [0.29, 0.717) is 5.82 Å². The molecule has 2 aromatic carbocycles. The molecule has 0 unspecified atom stereocenters. The number of methoxy groups -OCH3 is 1. The lowest BCUT2D eigenvalue weighted by atomic mass is 10.1. The summed E-state index contributed by atoms with van der Waals surface area (Å²) in [5.74, 6) is 2.26. The molecule has 6 nitrogen and oxygen atoms in total. The lowest BCUT2D eigenvalue weighted by Crippen LogP contribution is -1.98. The van der Waals surface area contributed by atoms with Crippen LogP contribution in [0, 0.1) is 0 Å². The fraction of sp³-hybridized carbons (Fsp3) is 0.0500. The highest BCUT2D eigenvalue weighted by Crippen LogP contribution is 2.38. The van der Waals surface area contributed by atoms with Crippen molar-refractivity contribution in [3.8, 4) is 17.1 Å². The van der Waals surface area contributed by atoms with Gasteiger partial charge in [0.25, 0.3) is 0 Å². The average Bonchev–Trinajstić information content (AvgIpc) is 3.40. The second-order valence-electron chi connectivity index (χ2n) is 5.98. The van der Waals surface area contributed by atoms with Crippen molar-refractivity contribution < 1.29 is 4.74 Å². The van der Waals surface area contributed by atoms with Gasteiger partial charge in [-0.05, 0) is 29.6 Å². The van der Waals surface area contributed by atoms with E-state index in [-0.39, 0.29) is 0 Å². The van der Waals surface area contributed by atoms with Crippen molar-refractivity contribution in [2.24, 2.45) is 0 Å². The Morgan fingerprint density at radius 1 is 1.04 bits per heavy atom. The topological polar surface area (TPSA) is 75.7 Å². The zero-order valence-corrected chi connectivity index (χ0v) is 15.2. The first kappa shape index (κ1) is 15.8. The van der Waals surface area contributed by atoms with Crippen LogP contribution in [-0.4, -0.2) is 27.3 Å². The van der Waals surface area contributed by atoms with Gasteiger partial charge in [-0.2, -0.15) is 5.10 Å². The van der Waals surface area contributed by atoms with Crippen LogP contribution in [0.4, 0.5) is 11.5 Å². The number of benzene rings is 2. The molecular formula is C20H15N5OS. The fourth-order valence-electron chi connectivity index (χ4n) is 3.22. The Balaban J connectivity index is 1.76. The summed E-state index contributed by atoms with van der Waals surface area (Å²) in [7, 11) is 1.66. The number of para-hydroxylation sites is 3. The van der Waals surface area contributed by atoms with Gasteiger partial charge in [-0.25, -0.2) is 9.97 Å². The van der Waals surface area contributed by atoms with Crippen LogP contribution in [-0.2, 0) is 0 Å². The quantitative estimate of drug-likeness (QED) is 0.464. The zero-order valence-electron chi connectivity index (χ0n) is 14.4. The standard InChI is InChI=1S/C20H15N5OS/c1-26-16-8-3-2-7-15(16)23-20-14-9-10-27-18(14)12-5-4-6-13(17(12)24-20)19-21-11-22-25-19/h2-11H,1H3,(H,23,24)(H,21,22,25). The van der Waals surface area contributed by atoms with E-state index >= 15 is 0 Å². The van der Waals surface area contributed by atoms with Crippen molar-refractivity contribution in [1.29, 1.82) is 0 Å². The predicted octanol–water partition coefficient (Wildman–Crippen LogP) is 4.99. The van der Waals surface area contributed by atoms with E-state index in [1.807, 2.05) is 36.4 Å². The first-order chi connectivity index (χ1) is 13.3. The number of nitrogens with zero attached hydrogens (tertiary/aromatic N) is 3. The minimum atomic E-state index is 0.701. The lowest BCUT2D eigenvalue weighted by molar-refractivity contribution is 0.417. The van der Waals surface area contributed by atoms with Crippen LogP contribution < -0.4 is 10.1 Å². The van der Waals surface area contributed by atoms with E-state index in [9.17, 15) is 0 Å². The molecule has 132 valence electrons. The Hall–Kier alpha value is -3.45. The van der Waals surface area contributed by atoms with Crippen LogP contribution in [0.25, 0.3) is 32.4 Å². The van der Waals surface area contributed by atoms with Crippen molar-refractivity contribution in [3.05, 3.63) is 60.2 Å². The largest absolute Gasteiger partial charge is 0.495 e. The maximum absolute atomic E-state index is 5.47. The highest BCUT2D eigenvalue weighted by molar-refractivity contribution is 7.18. The molecule has 3 heterocycles. The van der Waals surface area contributed by atoms with Crippen LogP contribution in [0.5, 0.6) is 5.75 Å². The molecule has 0 saturated carbocycles. The maximum Gasteiger partial charge on any atom is 0.157 e. The number of fused-ring (bicyclic) bond motifs is 3. The number of hydrogen-bond acceptors (Lipinski definition) is 6. The molecule has 27 heavy (non-hydrogen) atoms. The van der Waals surface area contributed by atoms with Gasteiger partial charge in [0, 0.05) is 21.0 Å². The van der Waals surface area contributed by atoms with Gasteiger partial charge in [-0.1, -0.05) is 24.3 Å². The predicted molar refractivity (Wildman–Crippen MR) is 109 cm³/mol. The van der Waals surface area contributed by atoms with Crippen LogP contribution in [0.15, 0.2) is 60.2 Å². The van der Waals surface area contributed by atoms with E-state index in [4.69, 9.17) is 9.72 Å². The number of aromatic nitrogens is 4. The highest BCUT2D eigenvalue weighted by atomic mass is 32.1. The summed E-state index contributed by atoms with van der Waals surface area (Å²) in [6.45, 7) is 0. The molecule has 5 aromatic rings. The third-order valence-corrected chi connectivity index (χ3v) is 5.40. The molecule has 0 spiro atoms. The van der Waals surface area contributed by atoms with E-state index in [1.165, 1.54) is 11.0 Å². The summed E-state index contributed by atoms with van der Waals surface area (Å²) in [6.07, 6.45) is 1.51. The van der Waals surface area contributed by atoms with Crippen LogP contribution in [0.3, 0.4) is 0 Å². The first-order valence-corrected chi connectivity index (χ1v) is 9.29. The van der Waals surface area contributed by atoms with Crippen molar-refractivity contribution >= 4 is 43.8 Å². The van der Waals surface area contributed by atoms with Gasteiger partial charge in [0.2, 0.25) is 0 Å². The number of pyridine rings is 1. The monoisotopic (exact) mass is 373 g/mol. The molecule has 0 fully saturated rings. The summed E-state index contributed by atoms with van der Waals surface area (Å²) < 4.78 is 6.65. The molecule has 0 amide bonds. The number of nitrogens with one attached hydrogen (secondary N) is 2. The van der Waals surface area contributed by atoms with E-state index in [1.54, 1.807) is 18.4 Å². The minimum absolute atomic E-state index is 0.701. The second-order valence-corrected chi connectivity index (χ2v) is 6.90. The van der Waals surface area contributed by atoms with Crippen molar-refractivity contribution in [1.82, 2.24) is 20.2 Å². The Morgan fingerprint density at radius 3 is 2.81 bits per heavy atom. The number of anilines is 2. The Morgan fingerprint density at radius 2 is 1.96 bits per heavy atom. The Bertz CT molecular complexity index is 1250. The van der Waals surface area contributed by atoms with Crippen molar-refractivity contribution in [2.45, 2.75) is 0 Å². The van der Waals surface area contributed by atoms with Gasteiger partial charge < -0.3 is 10.1 Å². The summed E-state index contributed by atoms with van der Waals surface area (Å²) in [6, 6.07) is 16.0. The van der Waals surface area contributed by atoms with E-state index in [2.05, 4.69) is 38.0 Å². The van der Waals surface area contributed by atoms with Crippen LogP contribution in [0.2, 0.25) is 0 Å². The number of aromatic amines is 1. The van der Waals surface area contributed by atoms with E-state index in [0.717, 1.165) is 39.1 Å². The maximum atomic E-state index is 5.47. The molecule has 5 rings (SSSR count). The molecule has 0 bridgehead atoms. The first-order valence-electron chi connectivity index (χ1n) is 8.41. The van der Waals surface area contributed by atoms with Crippen molar-refractivity contribution in [2.75, 3.05) is 12.4 Å². The molecule has 7 heteroatoms. The van der Waals surface area contributed by atoms with E-state index < -0.39 is 0 Å². The lowest BCUT2D eigenvalue weighted by Gasteiger charge is -2.13. The smallest absolute Gasteiger partial charge is 0.157 e. The van der Waals surface area contributed by atoms with Gasteiger partial charge in [0.1, 0.15) is 17.9 Å². The zero-order chi connectivity index (χ0) is 18.2. The average molecular weight is 373 g/mol. The van der Waals surface area contributed by atoms with Gasteiger partial charge in [0.15, 0.2) is 5.82 Å². The third-order valence-electron chi connectivity index (χ3n) is 4.45. The summed E-state index contributed by atoms with van der Waals surface area (Å²) in [4.78, 5) is 9.26. The number of H-pyrrole nitrogens is 1. The van der Waals surface area contributed by atoms with Gasteiger partial charge in [-0.15, -0.1) is 11.3 Å². The highest BCUT2D eigenvalue weighted by Gasteiger charge is 2.15. The minimum Gasteiger partial charge on any atom is -0.495 e. The number of rotatable bonds is 4. The number of ether oxygens (including phenoxy) is 1. The van der Waals surface area contributed by atoms with Gasteiger partial charge in [0.05, 0.1) is 18.3 Å². The molecule has 0 aliphatic rings. The van der Waals surface area contributed by atoms with Crippen LogP contribution in [0.1, 0.15) is 0 Å². The number of thiophene rings is 1. The molecule has 0 radical (unpaired) electrons. The molecule has 3 aromatic heterocycles. The molecule has 0 atom stereocenters. The Kier molecular flexibility index (Phi) is 3.72. The molecule has 0 saturated heterocycles.